The zero-order valence-electron chi connectivity index (χ0n) is 12.6. The summed E-state index contributed by atoms with van der Waals surface area (Å²) in [4.78, 5) is 2.48. The van der Waals surface area contributed by atoms with Crippen LogP contribution in [0.3, 0.4) is 0 Å². The zero-order chi connectivity index (χ0) is 13.9. The van der Waals surface area contributed by atoms with E-state index in [0.29, 0.717) is 11.5 Å². The molecule has 0 bridgehead atoms. The molecule has 4 heteroatoms. The molecule has 1 unspecified atom stereocenters. The van der Waals surface area contributed by atoms with Gasteiger partial charge in [0.2, 0.25) is 0 Å². The van der Waals surface area contributed by atoms with Crippen LogP contribution in [0.5, 0.6) is 0 Å². The van der Waals surface area contributed by atoms with Crippen molar-refractivity contribution in [3.63, 3.8) is 0 Å². The summed E-state index contributed by atoms with van der Waals surface area (Å²) in [5.74, 6) is 0. The van der Waals surface area contributed by atoms with Crippen molar-refractivity contribution in [2.75, 3.05) is 19.6 Å². The van der Waals surface area contributed by atoms with Gasteiger partial charge in [0.25, 0.3) is 0 Å². The maximum absolute atomic E-state index is 5.86. The number of rotatable bonds is 6. The Morgan fingerprint density at radius 2 is 2.16 bits per heavy atom. The summed E-state index contributed by atoms with van der Waals surface area (Å²) in [5, 5.41) is 4.73. The van der Waals surface area contributed by atoms with E-state index in [4.69, 9.17) is 10.8 Å². The van der Waals surface area contributed by atoms with E-state index in [1.54, 1.807) is 0 Å². The quantitative estimate of drug-likeness (QED) is 0.858. The molecule has 2 rings (SSSR count). The molecule has 1 saturated heterocycles. The van der Waals surface area contributed by atoms with Crippen LogP contribution >= 0.6 is 0 Å². The van der Waals surface area contributed by atoms with E-state index in [-0.39, 0.29) is 0 Å². The van der Waals surface area contributed by atoms with Gasteiger partial charge in [-0.15, -0.1) is 0 Å². The van der Waals surface area contributed by atoms with E-state index in [2.05, 4.69) is 42.6 Å². The fourth-order valence-corrected chi connectivity index (χ4v) is 2.98. The molecule has 19 heavy (non-hydrogen) atoms. The Morgan fingerprint density at radius 1 is 1.42 bits per heavy atom. The van der Waals surface area contributed by atoms with Crippen LogP contribution < -0.4 is 5.73 Å². The third-order valence-corrected chi connectivity index (χ3v) is 4.50. The third kappa shape index (κ3) is 3.37. The van der Waals surface area contributed by atoms with Gasteiger partial charge in [-0.05, 0) is 43.8 Å². The van der Waals surface area contributed by atoms with Crippen molar-refractivity contribution in [1.82, 2.24) is 14.7 Å². The van der Waals surface area contributed by atoms with Crippen LogP contribution in [-0.2, 0) is 6.54 Å². The SMILES string of the molecule is CCC(CC)n1ccc(CN2CCC(C)(CN)C2)n1. The Balaban J connectivity index is 1.94. The molecule has 1 aliphatic heterocycles. The largest absolute Gasteiger partial charge is 0.330 e. The van der Waals surface area contributed by atoms with Crippen LogP contribution in [0.25, 0.3) is 0 Å². The minimum atomic E-state index is 0.304. The van der Waals surface area contributed by atoms with Crippen LogP contribution in [0.2, 0.25) is 0 Å². The number of aromatic nitrogens is 2. The molecule has 0 amide bonds. The Labute approximate surface area is 117 Å². The summed E-state index contributed by atoms with van der Waals surface area (Å²) in [7, 11) is 0. The second-order valence-electron chi connectivity index (χ2n) is 6.23. The normalized spacial score (nSPS) is 24.5. The summed E-state index contributed by atoms with van der Waals surface area (Å²) >= 11 is 0. The fraction of sp³-hybridized carbons (Fsp3) is 0.800. The highest BCUT2D eigenvalue weighted by molar-refractivity contribution is 5.01. The van der Waals surface area contributed by atoms with Crippen molar-refractivity contribution in [2.45, 2.75) is 52.6 Å². The van der Waals surface area contributed by atoms with E-state index in [0.717, 1.165) is 39.0 Å². The van der Waals surface area contributed by atoms with E-state index >= 15 is 0 Å². The number of hydrogen-bond acceptors (Lipinski definition) is 3. The van der Waals surface area contributed by atoms with E-state index in [9.17, 15) is 0 Å². The standard InChI is InChI=1S/C15H28N4/c1-4-14(5-2)19-8-6-13(17-19)10-18-9-7-15(3,11-16)12-18/h6,8,14H,4-5,7,9-12,16H2,1-3H3. The minimum absolute atomic E-state index is 0.304. The molecule has 0 saturated carbocycles. The maximum Gasteiger partial charge on any atom is 0.0764 e. The predicted molar refractivity (Wildman–Crippen MR) is 78.9 cm³/mol. The van der Waals surface area contributed by atoms with Crippen LogP contribution in [0.4, 0.5) is 0 Å². The number of nitrogens with zero attached hydrogens (tertiary/aromatic N) is 3. The second kappa shape index (κ2) is 6.06. The van der Waals surface area contributed by atoms with Crippen molar-refractivity contribution in [3.8, 4) is 0 Å². The van der Waals surface area contributed by atoms with E-state index in [1.807, 2.05) is 0 Å². The van der Waals surface area contributed by atoms with Crippen molar-refractivity contribution in [3.05, 3.63) is 18.0 Å². The first-order valence-electron chi connectivity index (χ1n) is 7.56. The van der Waals surface area contributed by atoms with Crippen LogP contribution in [-0.4, -0.2) is 34.3 Å². The average Bonchev–Trinajstić information content (AvgIpc) is 3.00. The molecular formula is C15H28N4. The van der Waals surface area contributed by atoms with Crippen molar-refractivity contribution < 1.29 is 0 Å². The molecule has 0 spiro atoms. The average molecular weight is 264 g/mol. The molecule has 2 heterocycles. The molecule has 1 aliphatic rings. The molecule has 4 nitrogen and oxygen atoms in total. The van der Waals surface area contributed by atoms with E-state index in [1.165, 1.54) is 12.1 Å². The van der Waals surface area contributed by atoms with Crippen LogP contribution in [0, 0.1) is 5.41 Å². The lowest BCUT2D eigenvalue weighted by Gasteiger charge is -2.22. The van der Waals surface area contributed by atoms with Gasteiger partial charge in [0.1, 0.15) is 0 Å². The lowest BCUT2D eigenvalue weighted by molar-refractivity contribution is 0.270. The number of likely N-dealkylation sites (tertiary alicyclic amines) is 1. The van der Waals surface area contributed by atoms with Crippen LogP contribution in [0.1, 0.15) is 51.8 Å². The summed E-state index contributed by atoms with van der Waals surface area (Å²) in [6.45, 7) is 10.7. The summed E-state index contributed by atoms with van der Waals surface area (Å²) in [6.07, 6.45) is 5.63. The van der Waals surface area contributed by atoms with Gasteiger partial charge in [0.15, 0.2) is 0 Å². The van der Waals surface area contributed by atoms with Gasteiger partial charge < -0.3 is 5.73 Å². The smallest absolute Gasteiger partial charge is 0.0764 e. The van der Waals surface area contributed by atoms with Gasteiger partial charge in [-0.25, -0.2) is 0 Å². The number of hydrogen-bond donors (Lipinski definition) is 1. The molecule has 0 aromatic carbocycles. The van der Waals surface area contributed by atoms with Gasteiger partial charge in [0, 0.05) is 19.3 Å². The molecule has 108 valence electrons. The Bertz CT molecular complexity index is 397. The van der Waals surface area contributed by atoms with Crippen molar-refractivity contribution in [2.24, 2.45) is 11.1 Å². The first kappa shape index (κ1) is 14.5. The van der Waals surface area contributed by atoms with Gasteiger partial charge in [-0.3, -0.25) is 9.58 Å². The van der Waals surface area contributed by atoms with Gasteiger partial charge in [0.05, 0.1) is 11.7 Å². The van der Waals surface area contributed by atoms with Crippen LogP contribution in [0.15, 0.2) is 12.3 Å². The minimum Gasteiger partial charge on any atom is -0.330 e. The Morgan fingerprint density at radius 3 is 2.74 bits per heavy atom. The monoisotopic (exact) mass is 264 g/mol. The summed E-state index contributed by atoms with van der Waals surface area (Å²) in [6, 6.07) is 2.71. The summed E-state index contributed by atoms with van der Waals surface area (Å²) in [5.41, 5.74) is 7.35. The molecule has 1 aromatic heterocycles. The lowest BCUT2D eigenvalue weighted by atomic mass is 9.90. The third-order valence-electron chi connectivity index (χ3n) is 4.50. The van der Waals surface area contributed by atoms with Gasteiger partial charge in [-0.1, -0.05) is 20.8 Å². The first-order chi connectivity index (χ1) is 9.10. The van der Waals surface area contributed by atoms with Crippen molar-refractivity contribution >= 4 is 0 Å². The second-order valence-corrected chi connectivity index (χ2v) is 6.23. The molecule has 2 N–H and O–H groups in total. The topological polar surface area (TPSA) is 47.1 Å². The van der Waals surface area contributed by atoms with Gasteiger partial charge in [-0.2, -0.15) is 5.10 Å². The summed E-state index contributed by atoms with van der Waals surface area (Å²) < 4.78 is 2.13. The molecule has 1 fully saturated rings. The highest BCUT2D eigenvalue weighted by atomic mass is 15.3. The molecular weight excluding hydrogens is 236 g/mol. The Kier molecular flexibility index (Phi) is 4.63. The van der Waals surface area contributed by atoms with E-state index < -0.39 is 0 Å². The Hall–Kier alpha value is -0.870. The molecule has 0 radical (unpaired) electrons. The zero-order valence-corrected chi connectivity index (χ0v) is 12.6. The van der Waals surface area contributed by atoms with Gasteiger partial charge >= 0.3 is 0 Å². The number of nitrogens with two attached hydrogens (primary N) is 1. The molecule has 1 aromatic rings. The highest BCUT2D eigenvalue weighted by Crippen LogP contribution is 2.29. The predicted octanol–water partition coefficient (Wildman–Crippen LogP) is 2.41. The lowest BCUT2D eigenvalue weighted by Crippen LogP contribution is -2.31. The molecule has 0 aliphatic carbocycles. The maximum atomic E-state index is 5.86. The fourth-order valence-electron chi connectivity index (χ4n) is 2.98. The van der Waals surface area contributed by atoms with Crippen molar-refractivity contribution in [1.29, 1.82) is 0 Å². The first-order valence-corrected chi connectivity index (χ1v) is 7.56. The highest BCUT2D eigenvalue weighted by Gasteiger charge is 2.32. The molecule has 1 atom stereocenters.